The molecule has 0 aliphatic rings. The molecule has 0 spiro atoms. The molecule has 3 rings (SSSR count). The minimum atomic E-state index is 0.710. The second kappa shape index (κ2) is 5.13. The van der Waals surface area contributed by atoms with Crippen molar-refractivity contribution in [3.05, 3.63) is 47.3 Å². The Balaban J connectivity index is 2.25. The highest BCUT2D eigenvalue weighted by molar-refractivity contribution is 7.13. The van der Waals surface area contributed by atoms with Gasteiger partial charge in [-0.15, -0.1) is 11.3 Å². The summed E-state index contributed by atoms with van der Waals surface area (Å²) in [5, 5.41) is 6.76. The van der Waals surface area contributed by atoms with Crippen LogP contribution in [0.5, 0.6) is 0 Å². The molecule has 0 atom stereocenters. The standard InChI is InChI=1S/C16H17N3S/c1-3-11-9-10-20-15(11)14-13(16(17)19(2)18-14)12-7-5-4-6-8-12/h4-10H,3,17H2,1-2H3. The highest BCUT2D eigenvalue weighted by Gasteiger charge is 2.19. The van der Waals surface area contributed by atoms with E-state index in [0.29, 0.717) is 5.82 Å². The lowest BCUT2D eigenvalue weighted by Gasteiger charge is -2.04. The van der Waals surface area contributed by atoms with Crippen LogP contribution in [0.1, 0.15) is 12.5 Å². The molecule has 2 heterocycles. The number of nitrogens with two attached hydrogens (primary N) is 1. The van der Waals surface area contributed by atoms with E-state index in [0.717, 1.165) is 23.2 Å². The van der Waals surface area contributed by atoms with Gasteiger partial charge >= 0.3 is 0 Å². The van der Waals surface area contributed by atoms with E-state index in [-0.39, 0.29) is 0 Å². The van der Waals surface area contributed by atoms with E-state index in [1.165, 1.54) is 10.4 Å². The van der Waals surface area contributed by atoms with Crippen molar-refractivity contribution in [2.75, 3.05) is 5.73 Å². The number of nitrogens with zero attached hydrogens (tertiary/aromatic N) is 2. The van der Waals surface area contributed by atoms with E-state index in [2.05, 4.69) is 35.6 Å². The van der Waals surface area contributed by atoms with Crippen molar-refractivity contribution >= 4 is 17.2 Å². The van der Waals surface area contributed by atoms with Crippen molar-refractivity contribution in [1.82, 2.24) is 9.78 Å². The number of nitrogen functional groups attached to an aromatic ring is 1. The van der Waals surface area contributed by atoms with E-state index < -0.39 is 0 Å². The lowest BCUT2D eigenvalue weighted by Crippen LogP contribution is -1.97. The average Bonchev–Trinajstić information content (AvgIpc) is 3.05. The first-order valence-corrected chi connectivity index (χ1v) is 7.55. The summed E-state index contributed by atoms with van der Waals surface area (Å²) in [4.78, 5) is 1.22. The van der Waals surface area contributed by atoms with Gasteiger partial charge in [0, 0.05) is 7.05 Å². The summed E-state index contributed by atoms with van der Waals surface area (Å²) in [6.45, 7) is 2.17. The van der Waals surface area contributed by atoms with Crippen LogP contribution in [0.25, 0.3) is 21.7 Å². The van der Waals surface area contributed by atoms with Crippen LogP contribution >= 0.6 is 11.3 Å². The lowest BCUT2D eigenvalue weighted by molar-refractivity contribution is 0.782. The largest absolute Gasteiger partial charge is 0.383 e. The summed E-state index contributed by atoms with van der Waals surface area (Å²) >= 11 is 1.73. The monoisotopic (exact) mass is 283 g/mol. The summed E-state index contributed by atoms with van der Waals surface area (Å²) in [7, 11) is 1.89. The Morgan fingerprint density at radius 1 is 1.20 bits per heavy atom. The molecule has 0 fully saturated rings. The predicted octanol–water partition coefficient (Wildman–Crippen LogP) is 3.96. The Morgan fingerprint density at radius 2 is 1.95 bits per heavy atom. The molecule has 102 valence electrons. The number of anilines is 1. The highest BCUT2D eigenvalue weighted by atomic mass is 32.1. The van der Waals surface area contributed by atoms with Crippen LogP contribution in [0.4, 0.5) is 5.82 Å². The summed E-state index contributed by atoms with van der Waals surface area (Å²) in [6.07, 6.45) is 1.00. The van der Waals surface area contributed by atoms with E-state index in [4.69, 9.17) is 5.73 Å². The molecule has 0 saturated carbocycles. The van der Waals surface area contributed by atoms with E-state index >= 15 is 0 Å². The number of hydrogen-bond acceptors (Lipinski definition) is 3. The molecule has 0 bridgehead atoms. The lowest BCUT2D eigenvalue weighted by atomic mass is 10.0. The molecule has 0 saturated heterocycles. The van der Waals surface area contributed by atoms with Crippen molar-refractivity contribution in [2.45, 2.75) is 13.3 Å². The fourth-order valence-electron chi connectivity index (χ4n) is 2.41. The summed E-state index contributed by atoms with van der Waals surface area (Å²) in [6, 6.07) is 12.4. The summed E-state index contributed by atoms with van der Waals surface area (Å²) in [5.74, 6) is 0.710. The van der Waals surface area contributed by atoms with Gasteiger partial charge in [-0.2, -0.15) is 5.10 Å². The predicted molar refractivity (Wildman–Crippen MR) is 85.7 cm³/mol. The number of benzene rings is 1. The third-order valence-corrected chi connectivity index (χ3v) is 4.46. The van der Waals surface area contributed by atoms with Gasteiger partial charge in [0.2, 0.25) is 0 Å². The molecule has 0 amide bonds. The zero-order valence-electron chi connectivity index (χ0n) is 11.6. The average molecular weight is 283 g/mol. The van der Waals surface area contributed by atoms with Crippen molar-refractivity contribution in [3.63, 3.8) is 0 Å². The molecule has 0 unspecified atom stereocenters. The summed E-state index contributed by atoms with van der Waals surface area (Å²) < 4.78 is 1.76. The van der Waals surface area contributed by atoms with Crippen molar-refractivity contribution < 1.29 is 0 Å². The zero-order valence-corrected chi connectivity index (χ0v) is 12.4. The molecule has 0 radical (unpaired) electrons. The van der Waals surface area contributed by atoms with Crippen molar-refractivity contribution in [3.8, 4) is 21.7 Å². The smallest absolute Gasteiger partial charge is 0.129 e. The topological polar surface area (TPSA) is 43.8 Å². The Hall–Kier alpha value is -2.07. The second-order valence-corrected chi connectivity index (χ2v) is 5.64. The molecule has 4 heteroatoms. The number of aromatic nitrogens is 2. The fraction of sp³-hybridized carbons (Fsp3) is 0.188. The minimum Gasteiger partial charge on any atom is -0.383 e. The van der Waals surface area contributed by atoms with E-state index in [1.54, 1.807) is 16.0 Å². The minimum absolute atomic E-state index is 0.710. The maximum absolute atomic E-state index is 6.24. The van der Waals surface area contributed by atoms with Gasteiger partial charge in [0.15, 0.2) is 0 Å². The van der Waals surface area contributed by atoms with Crippen LogP contribution in [0.15, 0.2) is 41.8 Å². The van der Waals surface area contributed by atoms with Crippen LogP contribution in [-0.4, -0.2) is 9.78 Å². The number of thiophene rings is 1. The molecule has 3 aromatic rings. The molecular weight excluding hydrogens is 266 g/mol. The van der Waals surface area contributed by atoms with Gasteiger partial charge in [0.1, 0.15) is 11.5 Å². The number of hydrogen-bond donors (Lipinski definition) is 1. The van der Waals surface area contributed by atoms with Crippen LogP contribution in [-0.2, 0) is 13.5 Å². The summed E-state index contributed by atoms with van der Waals surface area (Å²) in [5.41, 5.74) is 10.7. The van der Waals surface area contributed by atoms with Gasteiger partial charge in [0.05, 0.1) is 10.4 Å². The third kappa shape index (κ3) is 2.02. The Bertz CT molecular complexity index is 726. The molecule has 20 heavy (non-hydrogen) atoms. The first-order chi connectivity index (χ1) is 9.72. The van der Waals surface area contributed by atoms with Crippen LogP contribution in [0.3, 0.4) is 0 Å². The molecule has 2 N–H and O–H groups in total. The maximum atomic E-state index is 6.24. The van der Waals surface area contributed by atoms with Crippen molar-refractivity contribution in [1.29, 1.82) is 0 Å². The Labute approximate surface area is 122 Å². The van der Waals surface area contributed by atoms with Crippen LogP contribution in [0, 0.1) is 0 Å². The first kappa shape index (κ1) is 12.9. The number of aryl methyl sites for hydroxylation is 2. The Morgan fingerprint density at radius 3 is 2.65 bits per heavy atom. The van der Waals surface area contributed by atoms with Crippen LogP contribution in [0.2, 0.25) is 0 Å². The quantitative estimate of drug-likeness (QED) is 0.790. The molecular formula is C16H17N3S. The van der Waals surface area contributed by atoms with Gasteiger partial charge in [-0.3, -0.25) is 4.68 Å². The highest BCUT2D eigenvalue weighted by Crippen LogP contribution is 2.39. The SMILES string of the molecule is CCc1ccsc1-c1nn(C)c(N)c1-c1ccccc1. The fourth-order valence-corrected chi connectivity index (χ4v) is 3.39. The van der Waals surface area contributed by atoms with Gasteiger partial charge in [-0.25, -0.2) is 0 Å². The molecule has 0 aliphatic carbocycles. The third-order valence-electron chi connectivity index (χ3n) is 3.50. The van der Waals surface area contributed by atoms with Gasteiger partial charge < -0.3 is 5.73 Å². The maximum Gasteiger partial charge on any atom is 0.129 e. The zero-order chi connectivity index (χ0) is 14.1. The normalized spacial score (nSPS) is 10.9. The first-order valence-electron chi connectivity index (χ1n) is 6.67. The van der Waals surface area contributed by atoms with Gasteiger partial charge in [-0.1, -0.05) is 37.3 Å². The second-order valence-electron chi connectivity index (χ2n) is 4.73. The Kier molecular flexibility index (Phi) is 3.32. The molecule has 0 aliphatic heterocycles. The van der Waals surface area contributed by atoms with E-state index in [9.17, 15) is 0 Å². The van der Waals surface area contributed by atoms with Gasteiger partial charge in [-0.05, 0) is 29.0 Å². The number of rotatable bonds is 3. The van der Waals surface area contributed by atoms with Gasteiger partial charge in [0.25, 0.3) is 0 Å². The van der Waals surface area contributed by atoms with Crippen LogP contribution < -0.4 is 5.73 Å². The van der Waals surface area contributed by atoms with Crippen molar-refractivity contribution in [2.24, 2.45) is 7.05 Å². The molecule has 2 aromatic heterocycles. The molecule has 3 nitrogen and oxygen atoms in total. The van der Waals surface area contributed by atoms with E-state index in [1.807, 2.05) is 25.2 Å². The molecule has 1 aromatic carbocycles.